The molecule has 0 saturated heterocycles. The van der Waals surface area contributed by atoms with E-state index in [4.69, 9.17) is 18.4 Å². The molecule has 0 aliphatic rings. The first-order chi connectivity index (χ1) is 7.20. The van der Waals surface area contributed by atoms with Gasteiger partial charge in [-0.2, -0.15) is 0 Å². The molecule has 2 rings (SSSR count). The van der Waals surface area contributed by atoms with Gasteiger partial charge in [0, 0.05) is 0 Å². The van der Waals surface area contributed by atoms with E-state index in [1.807, 2.05) is 0 Å². The summed E-state index contributed by atoms with van der Waals surface area (Å²) < 4.78 is 43.2. The Labute approximate surface area is 90.6 Å². The van der Waals surface area contributed by atoms with Crippen LogP contribution in [0.1, 0.15) is 0 Å². The minimum Gasteiger partial charge on any atom is -0.0616 e. The van der Waals surface area contributed by atoms with Gasteiger partial charge in [0.25, 0.3) is 0 Å². The molecule has 5 nitrogen and oxygen atoms in total. The van der Waals surface area contributed by atoms with Crippen molar-refractivity contribution < 1.29 is 31.0 Å². The molecule has 2 aromatic carbocycles. The number of hydrogen-bond acceptors (Lipinski definition) is 5. The Morgan fingerprint density at radius 2 is 0.750 bits per heavy atom. The predicted octanol–water partition coefficient (Wildman–Crippen LogP) is 2.24. The first-order valence-electron chi connectivity index (χ1n) is 4.32. The van der Waals surface area contributed by atoms with Crippen LogP contribution in [-0.4, -0.2) is 0 Å². The topological polar surface area (TPSA) is 85.3 Å². The van der Waals surface area contributed by atoms with Crippen LogP contribution in [0.5, 0.6) is 0 Å². The Kier molecular flexibility index (Phi) is 3.12. The molecule has 0 aliphatic carbocycles. The summed E-state index contributed by atoms with van der Waals surface area (Å²) in [7, 11) is 0. The number of fused-ring (bicyclic) bond motifs is 1. The summed E-state index contributed by atoms with van der Waals surface area (Å²) in [5.41, 5.74) is 0. The molecule has 0 radical (unpaired) electrons. The predicted molar refractivity (Wildman–Crippen MR) is 47.4 cm³/mol. The van der Waals surface area contributed by atoms with Crippen LogP contribution >= 0.6 is 0 Å². The smallest absolute Gasteiger partial charge is 0.0184 e. The van der Waals surface area contributed by atoms with E-state index in [1.54, 1.807) is 0 Å². The number of benzene rings is 2. The molecule has 0 bridgehead atoms. The van der Waals surface area contributed by atoms with Gasteiger partial charge in [-0.1, -0.05) is 48.5 Å². The van der Waals surface area contributed by atoms with Crippen LogP contribution < -0.4 is 0 Å². The summed E-state index contributed by atoms with van der Waals surface area (Å²) >= 11 is -7.74. The molecule has 0 spiro atoms. The zero-order chi connectivity index (χ0) is 12.3. The summed E-state index contributed by atoms with van der Waals surface area (Å²) in [6.07, 6.45) is 0. The van der Waals surface area contributed by atoms with Crippen molar-refractivity contribution in [1.82, 2.24) is 0 Å². The summed E-state index contributed by atoms with van der Waals surface area (Å²) in [4.78, 5) is 0. The van der Waals surface area contributed by atoms with Crippen molar-refractivity contribution in [3.05, 3.63) is 48.5 Å². The van der Waals surface area contributed by atoms with E-state index >= 15 is 0 Å². The zero-order valence-corrected chi connectivity index (χ0v) is 9.50. The third-order valence-electron chi connectivity index (χ3n) is 1.66. The second-order valence-corrected chi connectivity index (χ2v) is 5.42. The number of hydrogen-bond donors (Lipinski definition) is 0. The molecule has 0 aromatic heterocycles. The van der Waals surface area contributed by atoms with Gasteiger partial charge < -0.3 is 0 Å². The van der Waals surface area contributed by atoms with E-state index in [9.17, 15) is 0 Å². The molecule has 16 heavy (non-hydrogen) atoms. The van der Waals surface area contributed by atoms with Crippen LogP contribution in [0.2, 0.25) is 0 Å². The quantitative estimate of drug-likeness (QED) is 0.724. The van der Waals surface area contributed by atoms with Crippen LogP contribution in [0, 0.1) is 0 Å². The van der Waals surface area contributed by atoms with Crippen molar-refractivity contribution in [3.63, 3.8) is 0 Å². The van der Waals surface area contributed by atoms with E-state index < -0.39 is 12.6 Å². The van der Waals surface area contributed by atoms with Gasteiger partial charge in [0.2, 0.25) is 0 Å². The Hall–Kier alpha value is -1.72. The standard InChI is InChI=1S/C10H8.5O.V/c1-2-6-10-8-4-3-7-9(10)5-1;;;;;;/h1-8H;;;;;;. The summed E-state index contributed by atoms with van der Waals surface area (Å²) in [6, 6.07) is 16.7. The first kappa shape index (κ1) is 12.4. The second-order valence-electron chi connectivity index (χ2n) is 3.09. The minimum absolute atomic E-state index is 1.31. The van der Waals surface area contributed by atoms with Gasteiger partial charge in [-0.15, -0.1) is 0 Å². The van der Waals surface area contributed by atoms with Crippen molar-refractivity contribution in [2.24, 2.45) is 0 Å². The maximum Gasteiger partial charge on any atom is -0.0184 e. The van der Waals surface area contributed by atoms with E-state index in [0.717, 1.165) is 0 Å². The SMILES string of the molecule is [O]=[V](=[O])(=[O])(=[O])=[O].c1ccc2ccccc2c1. The van der Waals surface area contributed by atoms with Gasteiger partial charge in [-0.05, 0) is 10.8 Å². The second kappa shape index (κ2) is 4.04. The van der Waals surface area contributed by atoms with Crippen LogP contribution in [-0.2, 0) is 31.0 Å². The van der Waals surface area contributed by atoms with Crippen molar-refractivity contribution >= 4 is 10.8 Å². The molecule has 0 N–H and O–H groups in total. The Bertz CT molecular complexity index is 720. The van der Waals surface area contributed by atoms with Gasteiger partial charge in [0.05, 0.1) is 0 Å². The van der Waals surface area contributed by atoms with Crippen LogP contribution in [0.3, 0.4) is 0 Å². The van der Waals surface area contributed by atoms with Crippen molar-refractivity contribution in [2.75, 3.05) is 0 Å². The molecule has 0 heterocycles. The van der Waals surface area contributed by atoms with E-state index in [2.05, 4.69) is 48.5 Å². The molecular formula is C10H8O5V. The van der Waals surface area contributed by atoms with Gasteiger partial charge in [-0.3, -0.25) is 0 Å². The summed E-state index contributed by atoms with van der Waals surface area (Å²) in [5.74, 6) is 0. The van der Waals surface area contributed by atoms with E-state index in [0.29, 0.717) is 0 Å². The molecule has 6 heteroatoms. The molecule has 0 fully saturated rings. The van der Waals surface area contributed by atoms with E-state index in [-0.39, 0.29) is 0 Å². The monoisotopic (exact) mass is 259 g/mol. The largest absolute Gasteiger partial charge is 0.0616 e. The van der Waals surface area contributed by atoms with Crippen molar-refractivity contribution in [1.29, 1.82) is 0 Å². The third-order valence-corrected chi connectivity index (χ3v) is 1.66. The van der Waals surface area contributed by atoms with Gasteiger partial charge >= 0.3 is 31.0 Å². The number of rotatable bonds is 0. The maximum absolute atomic E-state index is 8.64. The molecule has 0 saturated carbocycles. The van der Waals surface area contributed by atoms with Crippen LogP contribution in [0.15, 0.2) is 48.5 Å². The van der Waals surface area contributed by atoms with Crippen molar-refractivity contribution in [2.45, 2.75) is 0 Å². The Balaban J connectivity index is 0.000000187. The molecule has 0 amide bonds. The van der Waals surface area contributed by atoms with Crippen molar-refractivity contribution in [3.8, 4) is 0 Å². The molecule has 0 atom stereocenters. The Morgan fingerprint density at radius 3 is 0.938 bits per heavy atom. The first-order valence-corrected chi connectivity index (χ1v) is 7.17. The van der Waals surface area contributed by atoms with Gasteiger partial charge in [0.1, 0.15) is 0 Å². The van der Waals surface area contributed by atoms with Crippen LogP contribution in [0.4, 0.5) is 0 Å². The average Bonchev–Trinajstić information content (AvgIpc) is 2.14. The molecule has 0 unspecified atom stereocenters. The fourth-order valence-electron chi connectivity index (χ4n) is 1.13. The van der Waals surface area contributed by atoms with Gasteiger partial charge in [0.15, 0.2) is 0 Å². The molecule has 2 aromatic rings. The summed E-state index contributed by atoms with van der Waals surface area (Å²) in [6.45, 7) is 0. The Morgan fingerprint density at radius 1 is 0.562 bits per heavy atom. The average molecular weight is 259 g/mol. The van der Waals surface area contributed by atoms with E-state index in [1.165, 1.54) is 10.8 Å². The fourth-order valence-corrected chi connectivity index (χ4v) is 1.13. The van der Waals surface area contributed by atoms with Crippen LogP contribution in [0.25, 0.3) is 10.8 Å². The fraction of sp³-hybridized carbons (Fsp3) is 0. The molecule has 83 valence electrons. The van der Waals surface area contributed by atoms with Gasteiger partial charge in [-0.25, -0.2) is 0 Å². The third kappa shape index (κ3) is 5.90. The minimum atomic E-state index is -7.74. The maximum atomic E-state index is 8.64. The zero-order valence-electron chi connectivity index (χ0n) is 8.11. The molecular weight excluding hydrogens is 251 g/mol. The molecule has 0 aliphatic heterocycles. The summed E-state index contributed by atoms with van der Waals surface area (Å²) in [5, 5.41) is 2.62. The normalized spacial score (nSPS) is 10.0.